The van der Waals surface area contributed by atoms with Crippen molar-refractivity contribution in [2.75, 3.05) is 19.0 Å². The van der Waals surface area contributed by atoms with Crippen LogP contribution in [0.1, 0.15) is 0 Å². The van der Waals surface area contributed by atoms with Crippen molar-refractivity contribution in [2.45, 2.75) is 13.1 Å². The molecule has 1 amide bonds. The lowest BCUT2D eigenvalue weighted by Crippen LogP contribution is -2.18. The molecule has 0 aliphatic carbocycles. The van der Waals surface area contributed by atoms with Crippen LogP contribution >= 0.6 is 0 Å². The van der Waals surface area contributed by atoms with E-state index in [1.165, 1.54) is 12.1 Å². The van der Waals surface area contributed by atoms with Crippen molar-refractivity contribution < 1.29 is 13.9 Å². The molecule has 0 aliphatic rings. The van der Waals surface area contributed by atoms with Gasteiger partial charge in [-0.05, 0) is 47.9 Å². The topological polar surface area (TPSA) is 48.2 Å². The molecule has 0 radical (unpaired) electrons. The minimum absolute atomic E-state index is 0.119. The highest BCUT2D eigenvalue weighted by molar-refractivity contribution is 6.01. The molecular formula is C21H20FN3O2. The Morgan fingerprint density at radius 2 is 1.93 bits per heavy atom. The van der Waals surface area contributed by atoms with E-state index in [1.54, 1.807) is 23.9 Å². The SMILES string of the molecule is COCCn1ccc2c(NC(=O)Cn3ccc4ccc(F)cc43)cccc21. The Bertz CT molecular complexity index is 1110. The molecule has 0 aliphatic heterocycles. The third-order valence-electron chi connectivity index (χ3n) is 4.67. The predicted octanol–water partition coefficient (Wildman–Crippen LogP) is 4.02. The molecular weight excluding hydrogens is 345 g/mol. The van der Waals surface area contributed by atoms with Crippen molar-refractivity contribution in [2.24, 2.45) is 0 Å². The van der Waals surface area contributed by atoms with Crippen LogP contribution in [0.25, 0.3) is 21.8 Å². The van der Waals surface area contributed by atoms with E-state index in [0.717, 1.165) is 28.5 Å². The number of amides is 1. The maximum atomic E-state index is 13.5. The molecule has 0 saturated carbocycles. The maximum Gasteiger partial charge on any atom is 0.244 e. The van der Waals surface area contributed by atoms with Crippen LogP contribution in [-0.4, -0.2) is 28.8 Å². The molecule has 2 heterocycles. The van der Waals surface area contributed by atoms with Gasteiger partial charge < -0.3 is 19.2 Å². The minimum Gasteiger partial charge on any atom is -0.383 e. The van der Waals surface area contributed by atoms with Crippen LogP contribution in [-0.2, 0) is 22.6 Å². The fraction of sp³-hybridized carbons (Fsp3) is 0.190. The van der Waals surface area contributed by atoms with E-state index >= 15 is 0 Å². The standard InChI is InChI=1S/C21H20FN3O2/c1-27-12-11-24-10-8-17-18(3-2-4-19(17)24)23-21(26)14-25-9-7-15-5-6-16(22)13-20(15)25/h2-10,13H,11-12,14H2,1H3,(H,23,26). The van der Waals surface area contributed by atoms with Crippen molar-refractivity contribution >= 4 is 33.4 Å². The Morgan fingerprint density at radius 1 is 1.07 bits per heavy atom. The summed E-state index contributed by atoms with van der Waals surface area (Å²) in [6.07, 6.45) is 3.78. The van der Waals surface area contributed by atoms with Crippen LogP contribution in [0.4, 0.5) is 10.1 Å². The van der Waals surface area contributed by atoms with Gasteiger partial charge in [-0.15, -0.1) is 0 Å². The van der Waals surface area contributed by atoms with E-state index in [-0.39, 0.29) is 18.3 Å². The summed E-state index contributed by atoms with van der Waals surface area (Å²) >= 11 is 0. The summed E-state index contributed by atoms with van der Waals surface area (Å²) in [6.45, 7) is 1.49. The summed E-state index contributed by atoms with van der Waals surface area (Å²) < 4.78 is 22.5. The molecule has 1 N–H and O–H groups in total. The summed E-state index contributed by atoms with van der Waals surface area (Å²) in [5, 5.41) is 4.86. The highest BCUT2D eigenvalue weighted by Gasteiger charge is 2.11. The third kappa shape index (κ3) is 3.44. The van der Waals surface area contributed by atoms with E-state index in [4.69, 9.17) is 4.74 Å². The van der Waals surface area contributed by atoms with Crippen molar-refractivity contribution in [3.8, 4) is 0 Å². The van der Waals surface area contributed by atoms with Crippen molar-refractivity contribution in [3.63, 3.8) is 0 Å². The van der Waals surface area contributed by atoms with Gasteiger partial charge in [-0.1, -0.05) is 6.07 Å². The van der Waals surface area contributed by atoms with Crippen molar-refractivity contribution in [1.82, 2.24) is 9.13 Å². The second kappa shape index (κ2) is 7.25. The largest absolute Gasteiger partial charge is 0.383 e. The number of rotatable bonds is 6. The van der Waals surface area contributed by atoms with Gasteiger partial charge in [0.25, 0.3) is 0 Å². The number of halogens is 1. The van der Waals surface area contributed by atoms with E-state index in [9.17, 15) is 9.18 Å². The smallest absolute Gasteiger partial charge is 0.244 e. The quantitative estimate of drug-likeness (QED) is 0.561. The summed E-state index contributed by atoms with van der Waals surface area (Å²) in [5.74, 6) is -0.473. The monoisotopic (exact) mass is 365 g/mol. The number of ether oxygens (including phenoxy) is 1. The van der Waals surface area contributed by atoms with Gasteiger partial charge in [-0.25, -0.2) is 4.39 Å². The molecule has 27 heavy (non-hydrogen) atoms. The van der Waals surface area contributed by atoms with Gasteiger partial charge in [-0.2, -0.15) is 0 Å². The Kier molecular flexibility index (Phi) is 4.64. The van der Waals surface area contributed by atoms with Crippen LogP contribution in [0.15, 0.2) is 60.9 Å². The Labute approximate surface area is 156 Å². The number of anilines is 1. The Morgan fingerprint density at radius 3 is 2.78 bits per heavy atom. The number of carbonyl (C=O) groups excluding carboxylic acids is 1. The lowest BCUT2D eigenvalue weighted by atomic mass is 10.2. The lowest BCUT2D eigenvalue weighted by molar-refractivity contribution is -0.116. The first-order valence-electron chi connectivity index (χ1n) is 8.77. The van der Waals surface area contributed by atoms with Crippen LogP contribution in [0.5, 0.6) is 0 Å². The zero-order chi connectivity index (χ0) is 18.8. The lowest BCUT2D eigenvalue weighted by Gasteiger charge is -2.10. The van der Waals surface area contributed by atoms with Crippen LogP contribution in [0.3, 0.4) is 0 Å². The Balaban J connectivity index is 1.55. The number of hydrogen-bond donors (Lipinski definition) is 1. The molecule has 0 spiro atoms. The van der Waals surface area contributed by atoms with Gasteiger partial charge in [0.2, 0.25) is 5.91 Å². The highest BCUT2D eigenvalue weighted by atomic mass is 19.1. The zero-order valence-electron chi connectivity index (χ0n) is 15.0. The number of benzene rings is 2. The molecule has 0 unspecified atom stereocenters. The number of fused-ring (bicyclic) bond motifs is 2. The van der Waals surface area contributed by atoms with Crippen LogP contribution in [0, 0.1) is 5.82 Å². The molecule has 0 atom stereocenters. The molecule has 5 nitrogen and oxygen atoms in total. The first-order chi connectivity index (χ1) is 13.2. The number of carbonyl (C=O) groups is 1. The maximum absolute atomic E-state index is 13.5. The number of nitrogens with one attached hydrogen (secondary N) is 1. The van der Waals surface area contributed by atoms with E-state index in [1.807, 2.05) is 36.5 Å². The van der Waals surface area contributed by atoms with E-state index in [0.29, 0.717) is 12.1 Å². The van der Waals surface area contributed by atoms with Gasteiger partial charge in [-0.3, -0.25) is 4.79 Å². The first-order valence-corrected chi connectivity index (χ1v) is 8.77. The van der Waals surface area contributed by atoms with Crippen molar-refractivity contribution in [3.05, 3.63) is 66.7 Å². The highest BCUT2D eigenvalue weighted by Crippen LogP contribution is 2.25. The fourth-order valence-corrected chi connectivity index (χ4v) is 3.36. The first kappa shape index (κ1) is 17.3. The summed E-state index contributed by atoms with van der Waals surface area (Å²) in [4.78, 5) is 12.6. The molecule has 4 rings (SSSR count). The van der Waals surface area contributed by atoms with Gasteiger partial charge >= 0.3 is 0 Å². The van der Waals surface area contributed by atoms with Gasteiger partial charge in [0.05, 0.1) is 23.3 Å². The molecule has 6 heteroatoms. The van der Waals surface area contributed by atoms with Crippen molar-refractivity contribution in [1.29, 1.82) is 0 Å². The molecule has 0 bridgehead atoms. The second-order valence-corrected chi connectivity index (χ2v) is 6.44. The van der Waals surface area contributed by atoms with Crippen LogP contribution < -0.4 is 5.32 Å². The normalized spacial score (nSPS) is 11.3. The van der Waals surface area contributed by atoms with Gasteiger partial charge in [0, 0.05) is 31.4 Å². The molecule has 0 saturated heterocycles. The van der Waals surface area contributed by atoms with Gasteiger partial charge in [0.1, 0.15) is 12.4 Å². The van der Waals surface area contributed by atoms with Crippen LogP contribution in [0.2, 0.25) is 0 Å². The molecule has 2 aromatic heterocycles. The summed E-state index contributed by atoms with van der Waals surface area (Å²) in [6, 6.07) is 14.3. The number of aromatic nitrogens is 2. The number of methoxy groups -OCH3 is 1. The molecule has 2 aromatic carbocycles. The molecule has 4 aromatic rings. The van der Waals surface area contributed by atoms with E-state index in [2.05, 4.69) is 9.88 Å². The van der Waals surface area contributed by atoms with Gasteiger partial charge in [0.15, 0.2) is 0 Å². The summed E-state index contributed by atoms with van der Waals surface area (Å²) in [7, 11) is 1.67. The second-order valence-electron chi connectivity index (χ2n) is 6.44. The Hall–Kier alpha value is -3.12. The number of hydrogen-bond acceptors (Lipinski definition) is 2. The number of nitrogens with zero attached hydrogens (tertiary/aromatic N) is 2. The predicted molar refractivity (Wildman–Crippen MR) is 104 cm³/mol. The average Bonchev–Trinajstić information content (AvgIpc) is 3.25. The third-order valence-corrected chi connectivity index (χ3v) is 4.67. The molecule has 0 fully saturated rings. The average molecular weight is 365 g/mol. The fourth-order valence-electron chi connectivity index (χ4n) is 3.36. The minimum atomic E-state index is -0.315. The van der Waals surface area contributed by atoms with E-state index < -0.39 is 0 Å². The molecule has 138 valence electrons. The zero-order valence-corrected chi connectivity index (χ0v) is 15.0. The summed E-state index contributed by atoms with van der Waals surface area (Å²) in [5.41, 5.74) is 2.50.